The summed E-state index contributed by atoms with van der Waals surface area (Å²) in [5, 5.41) is 6.28. The number of fused-ring (bicyclic) bond motifs is 1. The molecule has 0 spiro atoms. The Kier molecular flexibility index (Phi) is 8.59. The van der Waals surface area contributed by atoms with Crippen molar-refractivity contribution in [2.24, 2.45) is 0 Å². The average molecular weight is 511 g/mol. The lowest BCUT2D eigenvalue weighted by atomic mass is 9.96. The first-order chi connectivity index (χ1) is 17.0. The molecule has 0 saturated carbocycles. The first-order valence-electron chi connectivity index (χ1n) is 10.9. The van der Waals surface area contributed by atoms with E-state index >= 15 is 0 Å². The number of hydrogen-bond donors (Lipinski definition) is 2. The fourth-order valence-corrected chi connectivity index (χ4v) is 3.83. The number of anilines is 1. The van der Waals surface area contributed by atoms with E-state index in [1.807, 2.05) is 19.1 Å². The van der Waals surface area contributed by atoms with Crippen molar-refractivity contribution in [3.8, 4) is 22.9 Å². The molecule has 0 aliphatic rings. The first kappa shape index (κ1) is 26.6. The molecular weight excluding hydrogens is 483 g/mol. The Morgan fingerprint density at radius 2 is 1.89 bits per heavy atom. The standard InChI is InChI=1S/C25H25FN6O3.H2S/c1-14(16-6-5-7-17-22(24(33)27-2)18(26)12-29-23(16)17)10-28-21-9-19(31-13-32-21)15-8-20(34-3)25(35-4)30-11-15;/h5-9,11-14H,10H2,1-4H3,(H,27,33)(H,28,31,32);1H2/t14-;/m1./s1. The van der Waals surface area contributed by atoms with Crippen LogP contribution in [0.25, 0.3) is 22.2 Å². The van der Waals surface area contributed by atoms with Crippen LogP contribution in [0, 0.1) is 5.82 Å². The van der Waals surface area contributed by atoms with Crippen molar-refractivity contribution in [1.82, 2.24) is 25.3 Å². The van der Waals surface area contributed by atoms with Gasteiger partial charge in [0, 0.05) is 42.7 Å². The molecule has 36 heavy (non-hydrogen) atoms. The highest BCUT2D eigenvalue weighted by Crippen LogP contribution is 2.30. The van der Waals surface area contributed by atoms with Gasteiger partial charge in [0.25, 0.3) is 11.8 Å². The van der Waals surface area contributed by atoms with Crippen molar-refractivity contribution in [3.05, 3.63) is 66.0 Å². The number of pyridine rings is 2. The van der Waals surface area contributed by atoms with E-state index in [9.17, 15) is 9.18 Å². The molecule has 1 aromatic carbocycles. The Labute approximate surface area is 215 Å². The van der Waals surface area contributed by atoms with Crippen molar-refractivity contribution in [1.29, 1.82) is 0 Å². The molecule has 1 amide bonds. The number of aromatic nitrogens is 4. The van der Waals surface area contributed by atoms with Crippen molar-refractivity contribution >= 4 is 36.1 Å². The van der Waals surface area contributed by atoms with Gasteiger partial charge in [-0.1, -0.05) is 25.1 Å². The molecule has 0 fully saturated rings. The minimum absolute atomic E-state index is 0. The topological polar surface area (TPSA) is 111 Å². The lowest BCUT2D eigenvalue weighted by Crippen LogP contribution is -2.20. The molecule has 0 aliphatic heterocycles. The van der Waals surface area contributed by atoms with E-state index in [0.717, 1.165) is 17.3 Å². The van der Waals surface area contributed by atoms with Gasteiger partial charge in [0.2, 0.25) is 0 Å². The highest BCUT2D eigenvalue weighted by atomic mass is 32.1. The minimum Gasteiger partial charge on any atom is -0.491 e. The van der Waals surface area contributed by atoms with Gasteiger partial charge in [0.15, 0.2) is 11.6 Å². The van der Waals surface area contributed by atoms with Gasteiger partial charge >= 0.3 is 0 Å². The molecule has 0 bridgehead atoms. The number of nitrogens with zero attached hydrogens (tertiary/aromatic N) is 4. The number of halogens is 1. The van der Waals surface area contributed by atoms with E-state index in [0.29, 0.717) is 40.6 Å². The molecule has 2 N–H and O–H groups in total. The zero-order valence-corrected chi connectivity index (χ0v) is 21.3. The normalized spacial score (nSPS) is 11.4. The van der Waals surface area contributed by atoms with E-state index in [4.69, 9.17) is 9.47 Å². The van der Waals surface area contributed by atoms with E-state index in [2.05, 4.69) is 30.6 Å². The molecule has 0 unspecified atom stereocenters. The largest absolute Gasteiger partial charge is 0.491 e. The smallest absolute Gasteiger partial charge is 0.256 e. The van der Waals surface area contributed by atoms with Gasteiger partial charge in [-0.3, -0.25) is 9.78 Å². The maximum atomic E-state index is 14.4. The molecule has 4 rings (SSSR count). The summed E-state index contributed by atoms with van der Waals surface area (Å²) in [6.45, 7) is 2.54. The second kappa shape index (κ2) is 11.6. The summed E-state index contributed by atoms with van der Waals surface area (Å²) in [6, 6.07) is 9.04. The third kappa shape index (κ3) is 5.30. The second-order valence-electron chi connectivity index (χ2n) is 7.81. The van der Waals surface area contributed by atoms with Crippen molar-refractivity contribution in [2.45, 2.75) is 12.8 Å². The number of amides is 1. The molecule has 9 nitrogen and oxygen atoms in total. The molecule has 11 heteroatoms. The zero-order valence-electron chi connectivity index (χ0n) is 20.3. The van der Waals surface area contributed by atoms with Crippen molar-refractivity contribution < 1.29 is 18.7 Å². The van der Waals surface area contributed by atoms with E-state index in [1.54, 1.807) is 31.5 Å². The van der Waals surface area contributed by atoms with Gasteiger partial charge in [0.05, 0.1) is 37.2 Å². The maximum absolute atomic E-state index is 14.4. The summed E-state index contributed by atoms with van der Waals surface area (Å²) < 4.78 is 24.9. The number of hydrogen-bond acceptors (Lipinski definition) is 8. The van der Waals surface area contributed by atoms with Gasteiger partial charge in [-0.2, -0.15) is 13.5 Å². The number of carbonyl (C=O) groups excluding carboxylic acids is 1. The fourth-order valence-electron chi connectivity index (χ4n) is 3.83. The highest BCUT2D eigenvalue weighted by Gasteiger charge is 2.19. The summed E-state index contributed by atoms with van der Waals surface area (Å²) in [7, 11) is 4.55. The maximum Gasteiger partial charge on any atom is 0.256 e. The Bertz CT molecular complexity index is 1390. The number of para-hydroxylation sites is 1. The number of rotatable bonds is 8. The Balaban J connectivity index is 0.00000361. The third-order valence-corrected chi connectivity index (χ3v) is 5.65. The van der Waals surface area contributed by atoms with Gasteiger partial charge in [-0.05, 0) is 11.6 Å². The monoisotopic (exact) mass is 510 g/mol. The fraction of sp³-hybridized carbons (Fsp3) is 0.240. The number of ether oxygens (including phenoxy) is 2. The van der Waals surface area contributed by atoms with Gasteiger partial charge in [0.1, 0.15) is 12.1 Å². The van der Waals surface area contributed by atoms with Crippen LogP contribution >= 0.6 is 13.5 Å². The summed E-state index contributed by atoms with van der Waals surface area (Å²) in [5.41, 5.74) is 2.88. The number of nitrogens with one attached hydrogen (secondary N) is 2. The van der Waals surface area contributed by atoms with Crippen LogP contribution in [0.1, 0.15) is 28.8 Å². The first-order valence-corrected chi connectivity index (χ1v) is 10.9. The van der Waals surface area contributed by atoms with Crippen LogP contribution in [-0.2, 0) is 0 Å². The second-order valence-corrected chi connectivity index (χ2v) is 7.81. The number of carbonyl (C=O) groups is 1. The Hall–Kier alpha value is -3.99. The average Bonchev–Trinajstić information content (AvgIpc) is 2.90. The molecular formula is C25H27FN6O3S. The van der Waals surface area contributed by atoms with Crippen LogP contribution in [0.3, 0.4) is 0 Å². The van der Waals surface area contributed by atoms with Crippen LogP contribution in [0.4, 0.5) is 10.2 Å². The summed E-state index contributed by atoms with van der Waals surface area (Å²) >= 11 is 0. The molecule has 0 radical (unpaired) electrons. The third-order valence-electron chi connectivity index (χ3n) is 5.65. The van der Waals surface area contributed by atoms with Crippen molar-refractivity contribution in [2.75, 3.05) is 33.1 Å². The van der Waals surface area contributed by atoms with Crippen LogP contribution in [-0.4, -0.2) is 53.7 Å². The van der Waals surface area contributed by atoms with E-state index < -0.39 is 11.7 Å². The molecule has 3 aromatic heterocycles. The number of methoxy groups -OCH3 is 2. The van der Waals surface area contributed by atoms with Crippen LogP contribution in [0.15, 0.2) is 49.1 Å². The van der Waals surface area contributed by atoms with Crippen LogP contribution < -0.4 is 20.1 Å². The Morgan fingerprint density at radius 3 is 2.61 bits per heavy atom. The highest BCUT2D eigenvalue weighted by molar-refractivity contribution is 7.59. The minimum atomic E-state index is -0.655. The molecule has 3 heterocycles. The van der Waals surface area contributed by atoms with E-state index in [1.165, 1.54) is 20.5 Å². The molecule has 1 atom stereocenters. The lowest BCUT2D eigenvalue weighted by molar-refractivity contribution is 0.0960. The predicted molar refractivity (Wildman–Crippen MR) is 141 cm³/mol. The summed E-state index contributed by atoms with van der Waals surface area (Å²) in [4.78, 5) is 29.4. The van der Waals surface area contributed by atoms with Crippen LogP contribution in [0.5, 0.6) is 11.6 Å². The summed E-state index contributed by atoms with van der Waals surface area (Å²) in [5.74, 6) is 0.356. The molecule has 188 valence electrons. The quantitative estimate of drug-likeness (QED) is 0.367. The van der Waals surface area contributed by atoms with Gasteiger partial charge in [-0.15, -0.1) is 0 Å². The number of benzene rings is 1. The van der Waals surface area contributed by atoms with E-state index in [-0.39, 0.29) is 25.0 Å². The summed E-state index contributed by atoms with van der Waals surface area (Å²) in [6.07, 6.45) is 4.21. The van der Waals surface area contributed by atoms with Gasteiger partial charge < -0.3 is 20.1 Å². The predicted octanol–water partition coefficient (Wildman–Crippen LogP) is 3.93. The molecule has 4 aromatic rings. The van der Waals surface area contributed by atoms with Gasteiger partial charge in [-0.25, -0.2) is 19.3 Å². The zero-order chi connectivity index (χ0) is 24.9. The molecule has 0 aliphatic carbocycles. The lowest BCUT2D eigenvalue weighted by Gasteiger charge is -2.17. The SMILES string of the molecule is CNC(=O)c1c(F)cnc2c([C@H](C)CNc3cc(-c4cnc(OC)c(OC)c4)ncn3)cccc12.S. The van der Waals surface area contributed by atoms with Crippen molar-refractivity contribution in [3.63, 3.8) is 0 Å². The van der Waals surface area contributed by atoms with Crippen LogP contribution in [0.2, 0.25) is 0 Å². The Morgan fingerprint density at radius 1 is 1.08 bits per heavy atom. The molecule has 0 saturated heterocycles.